The van der Waals surface area contributed by atoms with E-state index < -0.39 is 18.1 Å². The maximum atomic E-state index is 12.0. The molecule has 0 saturated carbocycles. The van der Waals surface area contributed by atoms with E-state index in [0.717, 1.165) is 22.6 Å². The molecule has 0 fully saturated rings. The third-order valence-corrected chi connectivity index (χ3v) is 3.59. The predicted molar refractivity (Wildman–Crippen MR) is 71.2 cm³/mol. The van der Waals surface area contributed by atoms with Crippen LogP contribution in [-0.2, 0) is 16.0 Å². The summed E-state index contributed by atoms with van der Waals surface area (Å²) in [5.74, 6) is -3.99. The van der Waals surface area contributed by atoms with Crippen LogP contribution in [0.25, 0.3) is 10.4 Å². The number of alkyl halides is 3. The number of ether oxygens (including phenoxy) is 1. The van der Waals surface area contributed by atoms with Crippen molar-refractivity contribution in [2.24, 2.45) is 0 Å². The van der Waals surface area contributed by atoms with Gasteiger partial charge in [0.05, 0.1) is 4.88 Å². The molecule has 0 aliphatic carbocycles. The number of thiazole rings is 1. The van der Waals surface area contributed by atoms with Crippen molar-refractivity contribution in [3.05, 3.63) is 35.2 Å². The van der Waals surface area contributed by atoms with Gasteiger partial charge in [-0.3, -0.25) is 4.98 Å². The molecule has 0 saturated heterocycles. The van der Waals surface area contributed by atoms with Gasteiger partial charge in [0, 0.05) is 18.1 Å². The van der Waals surface area contributed by atoms with Crippen LogP contribution in [-0.4, -0.2) is 28.1 Å². The van der Waals surface area contributed by atoms with Gasteiger partial charge in [0.15, 0.2) is 0 Å². The van der Waals surface area contributed by atoms with Crippen LogP contribution in [0.1, 0.15) is 22.4 Å². The summed E-state index contributed by atoms with van der Waals surface area (Å²) >= 11 is 0.833. The molecule has 0 spiro atoms. The molecule has 0 aliphatic rings. The van der Waals surface area contributed by atoms with E-state index in [2.05, 4.69) is 14.7 Å². The molecular formula is C13H9F3N2O3S. The summed E-state index contributed by atoms with van der Waals surface area (Å²) in [6.07, 6.45) is -1.61. The van der Waals surface area contributed by atoms with E-state index in [0.29, 0.717) is 11.3 Å². The lowest BCUT2D eigenvalue weighted by Crippen LogP contribution is -2.27. The summed E-state index contributed by atoms with van der Waals surface area (Å²) in [6.45, 7) is 1.92. The van der Waals surface area contributed by atoms with Crippen LogP contribution in [0.2, 0.25) is 0 Å². The number of rotatable bonds is 3. The molecule has 2 heterocycles. The van der Waals surface area contributed by atoms with E-state index in [1.54, 1.807) is 18.3 Å². The normalized spacial score (nSPS) is 11.3. The van der Waals surface area contributed by atoms with Gasteiger partial charge in [-0.05, 0) is 24.1 Å². The minimum atomic E-state index is -5.23. The lowest BCUT2D eigenvalue weighted by molar-refractivity contribution is -0.193. The van der Waals surface area contributed by atoms with Crippen molar-refractivity contribution in [1.29, 1.82) is 0 Å². The van der Waals surface area contributed by atoms with Crippen molar-refractivity contribution in [2.75, 3.05) is 0 Å². The third kappa shape index (κ3) is 3.67. The van der Waals surface area contributed by atoms with E-state index in [1.807, 2.05) is 6.92 Å². The Kier molecular flexibility index (Phi) is 4.55. The van der Waals surface area contributed by atoms with Crippen molar-refractivity contribution in [2.45, 2.75) is 19.5 Å². The number of nitrogens with zero attached hydrogens (tertiary/aromatic N) is 2. The number of carbonyl (C=O) groups excluding carboxylic acids is 2. The maximum Gasteiger partial charge on any atom is 0.491 e. The fraction of sp³-hybridized carbons (Fsp3) is 0.231. The summed E-state index contributed by atoms with van der Waals surface area (Å²) in [6, 6.07) is 3.46. The van der Waals surface area contributed by atoms with Crippen LogP contribution >= 0.6 is 11.3 Å². The average molecular weight is 330 g/mol. The molecule has 2 aromatic rings. The SMILES string of the molecule is CCc1cc(-c2cnc(C(=O)OC(=O)C(F)(F)F)s2)ccn1. The van der Waals surface area contributed by atoms with Crippen LogP contribution in [0.3, 0.4) is 0 Å². The highest BCUT2D eigenvalue weighted by atomic mass is 32.1. The molecule has 22 heavy (non-hydrogen) atoms. The largest absolute Gasteiger partial charge is 0.491 e. The van der Waals surface area contributed by atoms with Gasteiger partial charge in [0.1, 0.15) is 0 Å². The summed E-state index contributed by atoms with van der Waals surface area (Å²) < 4.78 is 39.8. The van der Waals surface area contributed by atoms with Gasteiger partial charge in [-0.25, -0.2) is 14.6 Å². The third-order valence-electron chi connectivity index (χ3n) is 2.56. The molecule has 0 aromatic carbocycles. The lowest BCUT2D eigenvalue weighted by atomic mass is 10.2. The summed E-state index contributed by atoms with van der Waals surface area (Å²) in [5.41, 5.74) is 1.55. The first kappa shape index (κ1) is 16.1. The molecule has 0 unspecified atom stereocenters. The van der Waals surface area contributed by atoms with Crippen molar-refractivity contribution >= 4 is 23.3 Å². The highest BCUT2D eigenvalue weighted by Crippen LogP contribution is 2.27. The molecular weight excluding hydrogens is 321 g/mol. The maximum absolute atomic E-state index is 12.0. The van der Waals surface area contributed by atoms with E-state index in [9.17, 15) is 22.8 Å². The van der Waals surface area contributed by atoms with E-state index >= 15 is 0 Å². The fourth-order valence-electron chi connectivity index (χ4n) is 1.51. The van der Waals surface area contributed by atoms with Crippen LogP contribution in [0, 0.1) is 0 Å². The number of hydrogen-bond acceptors (Lipinski definition) is 6. The lowest BCUT2D eigenvalue weighted by Gasteiger charge is -2.03. The van der Waals surface area contributed by atoms with Crippen molar-refractivity contribution in [1.82, 2.24) is 9.97 Å². The molecule has 0 atom stereocenters. The zero-order valence-electron chi connectivity index (χ0n) is 11.2. The van der Waals surface area contributed by atoms with Gasteiger partial charge in [0.25, 0.3) is 0 Å². The zero-order valence-corrected chi connectivity index (χ0v) is 12.0. The smallest absolute Gasteiger partial charge is 0.381 e. The van der Waals surface area contributed by atoms with E-state index in [-0.39, 0.29) is 5.01 Å². The Bertz CT molecular complexity index is 713. The Hall–Kier alpha value is -2.29. The quantitative estimate of drug-likeness (QED) is 0.639. The first-order chi connectivity index (χ1) is 10.3. The molecule has 0 radical (unpaired) electrons. The molecule has 0 N–H and O–H groups in total. The minimum absolute atomic E-state index is 0.331. The number of aromatic nitrogens is 2. The topological polar surface area (TPSA) is 69.2 Å². The van der Waals surface area contributed by atoms with Gasteiger partial charge in [-0.15, -0.1) is 11.3 Å². The Morgan fingerprint density at radius 1 is 1.32 bits per heavy atom. The second-order valence-electron chi connectivity index (χ2n) is 4.09. The molecule has 2 rings (SSSR count). The average Bonchev–Trinajstić information content (AvgIpc) is 2.96. The minimum Gasteiger partial charge on any atom is -0.381 e. The van der Waals surface area contributed by atoms with Crippen LogP contribution in [0.4, 0.5) is 13.2 Å². The highest BCUT2D eigenvalue weighted by molar-refractivity contribution is 7.16. The van der Waals surface area contributed by atoms with E-state index in [4.69, 9.17) is 0 Å². The van der Waals surface area contributed by atoms with Crippen LogP contribution in [0.5, 0.6) is 0 Å². The second-order valence-corrected chi connectivity index (χ2v) is 5.12. The molecule has 2 aromatic heterocycles. The standard InChI is InChI=1S/C13H9F3N2O3S/c1-2-8-5-7(3-4-17-8)9-6-18-10(22-9)11(19)21-12(20)13(14,15)16/h3-6H,2H2,1H3. The second kappa shape index (κ2) is 6.22. The summed E-state index contributed by atoms with van der Waals surface area (Å²) in [7, 11) is 0. The molecule has 9 heteroatoms. The van der Waals surface area contributed by atoms with E-state index in [1.165, 1.54) is 6.20 Å². The predicted octanol–water partition coefficient (Wildman–Crippen LogP) is 3.01. The van der Waals surface area contributed by atoms with Gasteiger partial charge < -0.3 is 4.74 Å². The van der Waals surface area contributed by atoms with Gasteiger partial charge >= 0.3 is 18.1 Å². The summed E-state index contributed by atoms with van der Waals surface area (Å²) in [5, 5.41) is -0.331. The monoisotopic (exact) mass is 330 g/mol. The molecule has 0 aliphatic heterocycles. The fourth-order valence-corrected chi connectivity index (χ4v) is 2.30. The van der Waals surface area contributed by atoms with Crippen molar-refractivity contribution < 1.29 is 27.5 Å². The number of hydrogen-bond donors (Lipinski definition) is 0. The van der Waals surface area contributed by atoms with Crippen LogP contribution in [0.15, 0.2) is 24.5 Å². The highest BCUT2D eigenvalue weighted by Gasteiger charge is 2.42. The Balaban J connectivity index is 2.17. The number of halogens is 3. The number of pyridine rings is 1. The number of esters is 2. The number of aryl methyl sites for hydroxylation is 1. The summed E-state index contributed by atoms with van der Waals surface area (Å²) in [4.78, 5) is 30.4. The van der Waals surface area contributed by atoms with Gasteiger partial charge in [-0.1, -0.05) is 6.92 Å². The van der Waals surface area contributed by atoms with Crippen LogP contribution < -0.4 is 0 Å². The zero-order chi connectivity index (χ0) is 16.3. The van der Waals surface area contributed by atoms with Gasteiger partial charge in [0.2, 0.25) is 5.01 Å². The first-order valence-electron chi connectivity index (χ1n) is 6.05. The Labute approximate surface area is 126 Å². The van der Waals surface area contributed by atoms with Gasteiger partial charge in [-0.2, -0.15) is 13.2 Å². The van der Waals surface area contributed by atoms with Crippen molar-refractivity contribution in [3.63, 3.8) is 0 Å². The molecule has 0 bridgehead atoms. The molecule has 0 amide bonds. The number of carbonyl (C=O) groups is 2. The Morgan fingerprint density at radius 3 is 2.68 bits per heavy atom. The Morgan fingerprint density at radius 2 is 2.05 bits per heavy atom. The van der Waals surface area contributed by atoms with Crippen molar-refractivity contribution in [3.8, 4) is 10.4 Å². The first-order valence-corrected chi connectivity index (χ1v) is 6.87. The molecule has 5 nitrogen and oxygen atoms in total. The molecule has 116 valence electrons.